The third kappa shape index (κ3) is 5.07. The molecule has 0 saturated heterocycles. The summed E-state index contributed by atoms with van der Waals surface area (Å²) in [6, 6.07) is 15.8. The number of Topliss-reactive ketones (excluding diaryl/α,β-unsaturated/α-hetero) is 1. The summed E-state index contributed by atoms with van der Waals surface area (Å²) in [6.45, 7) is 0. The van der Waals surface area contributed by atoms with Gasteiger partial charge >= 0.3 is 7.82 Å². The Morgan fingerprint density at radius 2 is 1.45 bits per heavy atom. The van der Waals surface area contributed by atoms with Crippen molar-refractivity contribution < 1.29 is 38.6 Å². The van der Waals surface area contributed by atoms with Gasteiger partial charge in [-0.25, -0.2) is 4.57 Å². The van der Waals surface area contributed by atoms with Gasteiger partial charge in [0.15, 0.2) is 5.78 Å². The maximum Gasteiger partial charge on any atom is 0.584 e. The van der Waals surface area contributed by atoms with Crippen LogP contribution in [0.5, 0.6) is 28.7 Å². The molecule has 0 radical (unpaired) electrons. The van der Waals surface area contributed by atoms with E-state index in [1.807, 2.05) is 0 Å². The van der Waals surface area contributed by atoms with E-state index in [4.69, 9.17) is 9.05 Å². The molecule has 8 nitrogen and oxygen atoms in total. The Labute approximate surface area is 165 Å². The number of aromatic hydroxyl groups is 3. The van der Waals surface area contributed by atoms with Gasteiger partial charge in [-0.2, -0.15) is 0 Å². The molecule has 9 heteroatoms. The van der Waals surface area contributed by atoms with Crippen LogP contribution < -0.4 is 9.05 Å². The molecule has 0 aliphatic heterocycles. The molecule has 1 unspecified atom stereocenters. The fraction of sp³-hybridized carbons (Fsp3) is 0.0500. The maximum atomic E-state index is 12.6. The summed E-state index contributed by atoms with van der Waals surface area (Å²) in [6.07, 6.45) is -0.354. The minimum Gasteiger partial charge on any atom is -0.508 e. The lowest BCUT2D eigenvalue weighted by Crippen LogP contribution is -2.07. The normalized spacial score (nSPS) is 12.7. The van der Waals surface area contributed by atoms with Gasteiger partial charge in [-0.3, -0.25) is 9.69 Å². The molecule has 0 heterocycles. The smallest absolute Gasteiger partial charge is 0.508 e. The van der Waals surface area contributed by atoms with Crippen LogP contribution in [0.25, 0.3) is 0 Å². The highest BCUT2D eigenvalue weighted by Gasteiger charge is 2.27. The second-order valence-corrected chi connectivity index (χ2v) is 7.33. The van der Waals surface area contributed by atoms with E-state index in [-0.39, 0.29) is 29.0 Å². The van der Waals surface area contributed by atoms with Crippen LogP contribution in [0.15, 0.2) is 66.7 Å². The molecule has 3 rings (SSSR count). The Hall–Kier alpha value is -3.48. The number of phosphoric acid groups is 1. The third-order valence-corrected chi connectivity index (χ3v) is 4.73. The number of hydrogen-bond acceptors (Lipinski definition) is 7. The molecule has 150 valence electrons. The van der Waals surface area contributed by atoms with Crippen LogP contribution in [0.2, 0.25) is 0 Å². The number of para-hydroxylation sites is 2. The van der Waals surface area contributed by atoms with Gasteiger partial charge < -0.3 is 24.4 Å². The highest BCUT2D eigenvalue weighted by atomic mass is 31.2. The fourth-order valence-corrected chi connectivity index (χ4v) is 3.49. The molecule has 29 heavy (non-hydrogen) atoms. The predicted octanol–water partition coefficient (Wildman–Crippen LogP) is 3.79. The molecule has 0 aliphatic rings. The van der Waals surface area contributed by atoms with Crippen molar-refractivity contribution in [2.24, 2.45) is 0 Å². The maximum absolute atomic E-state index is 12.6. The summed E-state index contributed by atoms with van der Waals surface area (Å²) in [4.78, 5) is 22.6. The van der Waals surface area contributed by atoms with Gasteiger partial charge in [-0.15, -0.1) is 0 Å². The Morgan fingerprint density at radius 3 is 2.10 bits per heavy atom. The molecular weight excluding hydrogens is 399 g/mol. The SMILES string of the molecule is O=C(Cc1ccccc1OP(=O)(O)Oc1ccccc1)c1c(O)cc(O)cc1O. The molecular formula is C20H17O8P. The average Bonchev–Trinajstić information content (AvgIpc) is 2.62. The lowest BCUT2D eigenvalue weighted by atomic mass is 10.0. The Morgan fingerprint density at radius 1 is 0.862 bits per heavy atom. The minimum absolute atomic E-state index is 0.0691. The summed E-state index contributed by atoms with van der Waals surface area (Å²) in [5.41, 5.74) is -0.152. The first-order valence-corrected chi connectivity index (χ1v) is 9.88. The molecule has 0 aromatic heterocycles. The third-order valence-electron chi connectivity index (χ3n) is 3.86. The summed E-state index contributed by atoms with van der Waals surface area (Å²) < 4.78 is 22.4. The fourth-order valence-electron chi connectivity index (χ4n) is 2.64. The van der Waals surface area contributed by atoms with Crippen molar-refractivity contribution in [1.29, 1.82) is 0 Å². The average molecular weight is 416 g/mol. The van der Waals surface area contributed by atoms with Crippen LogP contribution in [-0.2, 0) is 11.0 Å². The lowest BCUT2D eigenvalue weighted by molar-refractivity contribution is 0.0986. The first-order valence-electron chi connectivity index (χ1n) is 8.38. The number of phenols is 3. The number of ketones is 1. The zero-order valence-electron chi connectivity index (χ0n) is 14.9. The quantitative estimate of drug-likeness (QED) is 0.338. The van der Waals surface area contributed by atoms with Gasteiger partial charge in [-0.1, -0.05) is 36.4 Å². The van der Waals surface area contributed by atoms with E-state index in [1.165, 1.54) is 24.3 Å². The van der Waals surface area contributed by atoms with Crippen LogP contribution in [0, 0.1) is 0 Å². The summed E-state index contributed by atoms with van der Waals surface area (Å²) in [7, 11) is -4.55. The lowest BCUT2D eigenvalue weighted by Gasteiger charge is -2.16. The van der Waals surface area contributed by atoms with Gasteiger partial charge in [-0.05, 0) is 18.2 Å². The number of carbonyl (C=O) groups is 1. The molecule has 0 spiro atoms. The second kappa shape index (κ2) is 8.26. The van der Waals surface area contributed by atoms with Crippen molar-refractivity contribution in [1.82, 2.24) is 0 Å². The van der Waals surface area contributed by atoms with E-state index in [0.29, 0.717) is 0 Å². The number of benzene rings is 3. The van der Waals surface area contributed by atoms with Gasteiger partial charge in [0, 0.05) is 24.1 Å². The summed E-state index contributed by atoms with van der Waals surface area (Å²) >= 11 is 0. The van der Waals surface area contributed by atoms with Gasteiger partial charge in [0.1, 0.15) is 34.3 Å². The van der Waals surface area contributed by atoms with E-state index in [2.05, 4.69) is 0 Å². The van der Waals surface area contributed by atoms with Crippen molar-refractivity contribution in [2.75, 3.05) is 0 Å². The second-order valence-electron chi connectivity index (χ2n) is 6.03. The van der Waals surface area contributed by atoms with Crippen LogP contribution in [-0.4, -0.2) is 26.0 Å². The molecule has 3 aromatic rings. The summed E-state index contributed by atoms with van der Waals surface area (Å²) in [5.74, 6) is -2.21. The first-order chi connectivity index (χ1) is 13.7. The van der Waals surface area contributed by atoms with Crippen LogP contribution in [0.3, 0.4) is 0 Å². The molecule has 3 aromatic carbocycles. The van der Waals surface area contributed by atoms with Gasteiger partial charge in [0.25, 0.3) is 0 Å². The van der Waals surface area contributed by atoms with E-state index in [9.17, 15) is 29.6 Å². The van der Waals surface area contributed by atoms with Crippen LogP contribution in [0.1, 0.15) is 15.9 Å². The van der Waals surface area contributed by atoms with Crippen LogP contribution in [0.4, 0.5) is 0 Å². The molecule has 0 amide bonds. The van der Waals surface area contributed by atoms with Crippen molar-refractivity contribution >= 4 is 13.6 Å². The van der Waals surface area contributed by atoms with Crippen LogP contribution >= 0.6 is 7.82 Å². The molecule has 4 N–H and O–H groups in total. The zero-order chi connectivity index (χ0) is 21.0. The predicted molar refractivity (Wildman–Crippen MR) is 103 cm³/mol. The Balaban J connectivity index is 1.82. The molecule has 0 saturated carbocycles. The van der Waals surface area contributed by atoms with Gasteiger partial charge in [0.05, 0.1) is 0 Å². The van der Waals surface area contributed by atoms with E-state index in [0.717, 1.165) is 12.1 Å². The number of phenolic OH excluding ortho intramolecular Hbond substituents is 3. The molecule has 0 bridgehead atoms. The standard InChI is InChI=1S/C20H17O8P/c21-14-11-17(23)20(18(24)12-14)16(22)10-13-6-4-5-9-19(13)28-29(25,26)27-15-7-2-1-3-8-15/h1-9,11-12,21,23-24H,10H2,(H,25,26). The monoisotopic (exact) mass is 416 g/mol. The number of phosphoric ester groups is 1. The summed E-state index contributed by atoms with van der Waals surface area (Å²) in [5, 5.41) is 29.1. The topological polar surface area (TPSA) is 134 Å². The highest BCUT2D eigenvalue weighted by Crippen LogP contribution is 2.45. The number of rotatable bonds is 7. The van der Waals surface area contributed by atoms with Crippen molar-refractivity contribution in [3.8, 4) is 28.7 Å². The van der Waals surface area contributed by atoms with E-state index < -0.39 is 30.9 Å². The number of carbonyl (C=O) groups excluding carboxylic acids is 1. The van der Waals surface area contributed by atoms with E-state index >= 15 is 0 Å². The Bertz CT molecular complexity index is 1060. The number of hydrogen-bond donors (Lipinski definition) is 4. The van der Waals surface area contributed by atoms with E-state index in [1.54, 1.807) is 30.3 Å². The van der Waals surface area contributed by atoms with Crippen molar-refractivity contribution in [2.45, 2.75) is 6.42 Å². The molecule has 1 atom stereocenters. The van der Waals surface area contributed by atoms with Crippen molar-refractivity contribution in [3.05, 3.63) is 77.9 Å². The minimum atomic E-state index is -4.55. The van der Waals surface area contributed by atoms with Gasteiger partial charge in [0.2, 0.25) is 0 Å². The Kier molecular flexibility index (Phi) is 5.77. The highest BCUT2D eigenvalue weighted by molar-refractivity contribution is 7.48. The molecule has 0 aliphatic carbocycles. The molecule has 0 fully saturated rings. The first kappa shape index (κ1) is 20.3. The zero-order valence-corrected chi connectivity index (χ0v) is 15.8. The van der Waals surface area contributed by atoms with Crippen molar-refractivity contribution in [3.63, 3.8) is 0 Å². The largest absolute Gasteiger partial charge is 0.584 e.